The van der Waals surface area contributed by atoms with E-state index in [1.54, 1.807) is 24.1 Å². The molecule has 0 heterocycles. The van der Waals surface area contributed by atoms with Crippen LogP contribution >= 0.6 is 12.4 Å². The van der Waals surface area contributed by atoms with E-state index in [1.165, 1.54) is 25.1 Å². The van der Waals surface area contributed by atoms with E-state index >= 15 is 0 Å². The Morgan fingerprint density at radius 2 is 1.78 bits per heavy atom. The molecule has 0 aromatic heterocycles. The Morgan fingerprint density at radius 3 is 2.33 bits per heavy atom. The van der Waals surface area contributed by atoms with Crippen LogP contribution in [-0.2, 0) is 10.0 Å². The Labute approximate surface area is 165 Å². The Bertz CT molecular complexity index is 889. The van der Waals surface area contributed by atoms with Crippen molar-refractivity contribution in [1.82, 2.24) is 10.2 Å². The lowest BCUT2D eigenvalue weighted by Gasteiger charge is -2.17. The van der Waals surface area contributed by atoms with Gasteiger partial charge in [0.2, 0.25) is 0 Å². The third kappa shape index (κ3) is 5.92. The van der Waals surface area contributed by atoms with E-state index in [-0.39, 0.29) is 23.2 Å². The minimum Gasteiger partial charge on any atom is -0.340 e. The fourth-order valence-corrected chi connectivity index (χ4v) is 3.69. The molecule has 0 saturated heterocycles. The largest absolute Gasteiger partial charge is 0.340 e. The first-order valence-corrected chi connectivity index (χ1v) is 9.52. The van der Waals surface area contributed by atoms with Crippen molar-refractivity contribution < 1.29 is 17.6 Å². The van der Waals surface area contributed by atoms with Gasteiger partial charge in [-0.25, -0.2) is 12.8 Å². The van der Waals surface area contributed by atoms with Gasteiger partial charge in [-0.15, -0.1) is 12.4 Å². The summed E-state index contributed by atoms with van der Waals surface area (Å²) in [6, 6.07) is 9.66. The number of carbonyl (C=O) groups is 1. The second kappa shape index (κ2) is 9.68. The summed E-state index contributed by atoms with van der Waals surface area (Å²) in [6.07, 6.45) is 0. The van der Waals surface area contributed by atoms with Gasteiger partial charge in [0.15, 0.2) is 0 Å². The van der Waals surface area contributed by atoms with Crippen LogP contribution in [0.3, 0.4) is 0 Å². The number of amides is 1. The second-order valence-corrected chi connectivity index (χ2v) is 7.57. The number of hydrogen-bond donors (Lipinski definition) is 2. The van der Waals surface area contributed by atoms with Gasteiger partial charge in [-0.3, -0.25) is 9.52 Å². The van der Waals surface area contributed by atoms with Gasteiger partial charge in [-0.1, -0.05) is 0 Å². The number of nitrogens with one attached hydrogen (secondary N) is 2. The molecule has 0 unspecified atom stereocenters. The third-order valence-corrected chi connectivity index (χ3v) is 5.40. The fraction of sp³-hybridized carbons (Fsp3) is 0.278. The average Bonchev–Trinajstić information content (AvgIpc) is 2.59. The van der Waals surface area contributed by atoms with E-state index in [0.29, 0.717) is 29.9 Å². The van der Waals surface area contributed by atoms with Crippen molar-refractivity contribution >= 4 is 34.0 Å². The number of likely N-dealkylation sites (N-methyl/N-ethyl adjacent to an activating group) is 2. The summed E-state index contributed by atoms with van der Waals surface area (Å²) >= 11 is 0. The minimum atomic E-state index is -3.84. The molecule has 27 heavy (non-hydrogen) atoms. The Hall–Kier alpha value is -2.16. The molecule has 148 valence electrons. The highest BCUT2D eigenvalue weighted by molar-refractivity contribution is 7.92. The zero-order chi connectivity index (χ0) is 19.3. The summed E-state index contributed by atoms with van der Waals surface area (Å²) in [7, 11) is -0.333. The van der Waals surface area contributed by atoms with Crippen molar-refractivity contribution in [3.8, 4) is 0 Å². The van der Waals surface area contributed by atoms with Crippen molar-refractivity contribution in [1.29, 1.82) is 0 Å². The molecule has 2 rings (SSSR count). The lowest BCUT2D eigenvalue weighted by atomic mass is 10.2. The summed E-state index contributed by atoms with van der Waals surface area (Å²) in [5, 5.41) is 2.97. The Kier molecular flexibility index (Phi) is 8.20. The average molecular weight is 416 g/mol. The van der Waals surface area contributed by atoms with Crippen LogP contribution in [0, 0.1) is 12.7 Å². The van der Waals surface area contributed by atoms with E-state index in [1.807, 2.05) is 7.05 Å². The van der Waals surface area contributed by atoms with Crippen molar-refractivity contribution in [3.63, 3.8) is 0 Å². The molecular weight excluding hydrogens is 393 g/mol. The molecule has 0 aliphatic rings. The number of aryl methyl sites for hydroxylation is 1. The summed E-state index contributed by atoms with van der Waals surface area (Å²) < 4.78 is 40.5. The van der Waals surface area contributed by atoms with E-state index in [2.05, 4.69) is 10.0 Å². The van der Waals surface area contributed by atoms with E-state index in [0.717, 1.165) is 12.1 Å². The van der Waals surface area contributed by atoms with Crippen LogP contribution in [0.5, 0.6) is 0 Å². The van der Waals surface area contributed by atoms with Crippen LogP contribution in [0.4, 0.5) is 10.1 Å². The number of rotatable bonds is 7. The smallest absolute Gasteiger partial charge is 0.262 e. The predicted molar refractivity (Wildman–Crippen MR) is 107 cm³/mol. The highest BCUT2D eigenvalue weighted by Crippen LogP contribution is 2.20. The highest BCUT2D eigenvalue weighted by Gasteiger charge is 2.18. The van der Waals surface area contributed by atoms with Crippen molar-refractivity contribution in [2.24, 2.45) is 0 Å². The first kappa shape index (κ1) is 22.9. The molecule has 9 heteroatoms. The van der Waals surface area contributed by atoms with Crippen molar-refractivity contribution in [2.45, 2.75) is 11.8 Å². The number of sulfonamides is 1. The molecule has 2 aromatic rings. The summed E-state index contributed by atoms with van der Waals surface area (Å²) in [5.74, 6) is -0.643. The molecule has 2 N–H and O–H groups in total. The normalized spacial score (nSPS) is 10.8. The molecule has 0 saturated carbocycles. The topological polar surface area (TPSA) is 78.5 Å². The van der Waals surface area contributed by atoms with Gasteiger partial charge in [-0.2, -0.15) is 0 Å². The van der Waals surface area contributed by atoms with Gasteiger partial charge in [0, 0.05) is 31.4 Å². The van der Waals surface area contributed by atoms with Gasteiger partial charge in [0.1, 0.15) is 5.82 Å². The number of anilines is 1. The van der Waals surface area contributed by atoms with Crippen LogP contribution in [0.2, 0.25) is 0 Å². The molecule has 0 bridgehead atoms. The maximum atomic E-state index is 13.2. The van der Waals surface area contributed by atoms with E-state index in [9.17, 15) is 17.6 Å². The number of nitrogens with zero attached hydrogens (tertiary/aromatic N) is 1. The maximum Gasteiger partial charge on any atom is 0.262 e. The zero-order valence-corrected chi connectivity index (χ0v) is 17.0. The van der Waals surface area contributed by atoms with Crippen molar-refractivity contribution in [2.75, 3.05) is 31.9 Å². The van der Waals surface area contributed by atoms with E-state index in [4.69, 9.17) is 0 Å². The number of halogens is 2. The minimum absolute atomic E-state index is 0. The van der Waals surface area contributed by atoms with Crippen LogP contribution in [0.25, 0.3) is 0 Å². The van der Waals surface area contributed by atoms with Gasteiger partial charge < -0.3 is 10.2 Å². The molecule has 0 aliphatic heterocycles. The van der Waals surface area contributed by atoms with Gasteiger partial charge in [0.25, 0.3) is 15.9 Å². The van der Waals surface area contributed by atoms with Gasteiger partial charge >= 0.3 is 0 Å². The molecule has 0 atom stereocenters. The van der Waals surface area contributed by atoms with Crippen LogP contribution in [0.1, 0.15) is 15.9 Å². The molecule has 2 aromatic carbocycles. The first-order chi connectivity index (χ1) is 12.2. The quantitative estimate of drug-likeness (QED) is 0.728. The van der Waals surface area contributed by atoms with Crippen molar-refractivity contribution in [3.05, 3.63) is 59.4 Å². The van der Waals surface area contributed by atoms with Crippen LogP contribution in [0.15, 0.2) is 47.4 Å². The standard InChI is InChI=1S/C18H22FN3O3S.ClH/c1-13-12-15(19)6-9-17(13)26(24,25)21-16-7-4-14(5-8-16)18(23)22(3)11-10-20-2;/h4-9,12,20-21H,10-11H2,1-3H3;1H. The van der Waals surface area contributed by atoms with Crippen LogP contribution < -0.4 is 10.0 Å². The summed E-state index contributed by atoms with van der Waals surface area (Å²) in [5.41, 5.74) is 1.10. The first-order valence-electron chi connectivity index (χ1n) is 8.03. The number of benzene rings is 2. The molecule has 0 fully saturated rings. The Balaban J connectivity index is 0.00000364. The fourth-order valence-electron chi connectivity index (χ4n) is 2.41. The molecule has 0 spiro atoms. The summed E-state index contributed by atoms with van der Waals surface area (Å²) in [6.45, 7) is 2.77. The monoisotopic (exact) mass is 415 g/mol. The molecule has 0 aliphatic carbocycles. The lowest BCUT2D eigenvalue weighted by Crippen LogP contribution is -2.32. The lowest BCUT2D eigenvalue weighted by molar-refractivity contribution is 0.0797. The highest BCUT2D eigenvalue weighted by atomic mass is 35.5. The molecule has 6 nitrogen and oxygen atoms in total. The number of hydrogen-bond acceptors (Lipinski definition) is 4. The second-order valence-electron chi connectivity index (χ2n) is 5.92. The molecule has 0 radical (unpaired) electrons. The third-order valence-electron chi connectivity index (χ3n) is 3.85. The summed E-state index contributed by atoms with van der Waals surface area (Å²) in [4.78, 5) is 13.9. The zero-order valence-electron chi connectivity index (χ0n) is 15.3. The van der Waals surface area contributed by atoms with Crippen LogP contribution in [-0.4, -0.2) is 46.4 Å². The molecular formula is C18H23ClFN3O3S. The number of carbonyl (C=O) groups excluding carboxylic acids is 1. The van der Waals surface area contributed by atoms with Gasteiger partial charge in [0.05, 0.1) is 4.90 Å². The SMILES string of the molecule is CNCCN(C)C(=O)c1ccc(NS(=O)(=O)c2ccc(F)cc2C)cc1.Cl. The maximum absolute atomic E-state index is 13.2. The molecule has 1 amide bonds. The van der Waals surface area contributed by atoms with Gasteiger partial charge in [-0.05, 0) is 62.0 Å². The van der Waals surface area contributed by atoms with E-state index < -0.39 is 15.8 Å². The Morgan fingerprint density at radius 1 is 1.15 bits per heavy atom. The predicted octanol–water partition coefficient (Wildman–Crippen LogP) is 2.65.